The first kappa shape index (κ1) is 48.6. The number of benzene rings is 4. The van der Waals surface area contributed by atoms with Crippen molar-refractivity contribution in [3.63, 3.8) is 0 Å². The first-order valence-corrected chi connectivity index (χ1v) is 22.1. The van der Waals surface area contributed by atoms with Crippen molar-refractivity contribution >= 4 is 139 Å². The molecule has 64 heavy (non-hydrogen) atoms. The number of anilines is 8. The van der Waals surface area contributed by atoms with Crippen LogP contribution in [-0.2, 0) is 38.3 Å². The Hall–Kier alpha value is -4.82. The van der Waals surface area contributed by atoms with E-state index in [1.54, 1.807) is 12.1 Å². The van der Waals surface area contributed by atoms with Crippen molar-refractivity contribution in [3.8, 4) is 0 Å². The van der Waals surface area contributed by atoms with E-state index in [9.17, 15) is 16.8 Å². The van der Waals surface area contributed by atoms with Gasteiger partial charge < -0.3 is 29.9 Å². The summed E-state index contributed by atoms with van der Waals surface area (Å²) >= 11 is 0. The molecule has 4 aromatic carbocycles. The van der Waals surface area contributed by atoms with Gasteiger partial charge in [0.15, 0.2) is 0 Å². The van der Waals surface area contributed by atoms with E-state index in [2.05, 4.69) is 51.5 Å². The summed E-state index contributed by atoms with van der Waals surface area (Å²) in [5, 5.41) is 6.21. The van der Waals surface area contributed by atoms with E-state index in [4.69, 9.17) is 18.0 Å². The second-order valence-corrected chi connectivity index (χ2v) is 16.5. The van der Waals surface area contributed by atoms with E-state index in [-0.39, 0.29) is 116 Å². The standard InChI is InChI=1S/C40H40N12O8S2.2Na.2H/c53-61(54,59-49-37-43-35(41-31-13-3-1-4-14-31)45-39(47-37)51-21-25-57-26-22-51)33-17-9-7-11-29(33)19-20-30-12-8-10-18-34(30)62(55,56)60-50-38-44-36(42-32-15-5-2-6-16-32)46-40(48-38)52-23-27-58-28-24-52;;;;/h1-20H,21-28H2,(H2,41,43,45,47,49)(H2,42,44,46,48,50);;;;. The summed E-state index contributed by atoms with van der Waals surface area (Å²) in [7, 11) is -9.04. The number of nitrogens with zero attached hydrogens (tertiary/aromatic N) is 8. The van der Waals surface area contributed by atoms with Crippen molar-refractivity contribution in [1.82, 2.24) is 29.9 Å². The third-order valence-electron chi connectivity index (χ3n) is 9.20. The van der Waals surface area contributed by atoms with Crippen LogP contribution in [-0.4, -0.2) is 158 Å². The van der Waals surface area contributed by atoms with E-state index in [1.165, 1.54) is 48.6 Å². The predicted molar refractivity (Wildman–Crippen MR) is 245 cm³/mol. The zero-order chi connectivity index (χ0) is 42.8. The summed E-state index contributed by atoms with van der Waals surface area (Å²) in [5.74, 6) is 0.561. The molecule has 0 unspecified atom stereocenters. The van der Waals surface area contributed by atoms with E-state index in [1.807, 2.05) is 70.5 Å². The Balaban J connectivity index is 0.00000340. The normalized spacial score (nSPS) is 14.2. The number of hydrogen-bond acceptors (Lipinski definition) is 20. The number of aromatic nitrogens is 6. The van der Waals surface area contributed by atoms with Gasteiger partial charge in [0.25, 0.3) is 11.9 Å². The Labute approximate surface area is 414 Å². The summed E-state index contributed by atoms with van der Waals surface area (Å²) < 4.78 is 76.4. The van der Waals surface area contributed by atoms with Crippen LogP contribution in [0.4, 0.5) is 47.1 Å². The fourth-order valence-corrected chi connectivity index (χ4v) is 8.08. The van der Waals surface area contributed by atoms with Crippen LogP contribution in [0.1, 0.15) is 11.1 Å². The van der Waals surface area contributed by atoms with Gasteiger partial charge in [-0.1, -0.05) is 84.9 Å². The Morgan fingerprint density at radius 3 is 1.20 bits per heavy atom. The number of para-hydroxylation sites is 2. The van der Waals surface area contributed by atoms with Crippen molar-refractivity contribution in [2.75, 3.05) is 84.0 Å². The molecule has 20 nitrogen and oxygen atoms in total. The molecule has 0 spiro atoms. The number of hydrogen-bond donors (Lipinski definition) is 4. The molecule has 0 radical (unpaired) electrons. The minimum atomic E-state index is -4.52. The fourth-order valence-electron chi connectivity index (χ4n) is 6.19. The van der Waals surface area contributed by atoms with Gasteiger partial charge in [-0.05, 0) is 47.5 Å². The van der Waals surface area contributed by atoms with Crippen molar-refractivity contribution in [2.24, 2.45) is 0 Å². The number of rotatable bonds is 16. The molecule has 324 valence electrons. The number of morpholine rings is 2. The molecule has 8 rings (SSSR count). The Kier molecular flexibility index (Phi) is 17.4. The molecule has 2 saturated heterocycles. The SMILES string of the molecule is O=S(=O)(ONc1nc(Nc2ccccc2)nc(N2CCOCC2)n1)c1ccccc1C=Cc1ccccc1S(=O)(=O)ONc1nc(Nc2ccccc2)nc(N2CCOCC2)n1.[NaH].[NaH]. The maximum atomic E-state index is 13.7. The quantitative estimate of drug-likeness (QED) is 0.0617. The van der Waals surface area contributed by atoms with Gasteiger partial charge in [-0.25, -0.2) is 11.0 Å². The van der Waals surface area contributed by atoms with Crippen molar-refractivity contribution in [2.45, 2.75) is 9.79 Å². The van der Waals surface area contributed by atoms with Crippen LogP contribution in [0.15, 0.2) is 119 Å². The molecule has 4 heterocycles. The van der Waals surface area contributed by atoms with E-state index < -0.39 is 20.2 Å². The fraction of sp³-hybridized carbons (Fsp3) is 0.200. The topological polar surface area (TPSA) is 237 Å². The van der Waals surface area contributed by atoms with Crippen LogP contribution in [0.2, 0.25) is 0 Å². The third kappa shape index (κ3) is 12.9. The molecule has 4 N–H and O–H groups in total. The van der Waals surface area contributed by atoms with Gasteiger partial charge in [-0.3, -0.25) is 0 Å². The van der Waals surface area contributed by atoms with Crippen LogP contribution >= 0.6 is 0 Å². The number of ether oxygens (including phenoxy) is 2. The first-order chi connectivity index (χ1) is 30.2. The van der Waals surface area contributed by atoms with Gasteiger partial charge in [0.05, 0.1) is 26.4 Å². The van der Waals surface area contributed by atoms with Crippen molar-refractivity contribution in [3.05, 3.63) is 120 Å². The van der Waals surface area contributed by atoms with E-state index >= 15 is 0 Å². The van der Waals surface area contributed by atoms with Crippen LogP contribution in [0.5, 0.6) is 0 Å². The Morgan fingerprint density at radius 2 is 0.812 bits per heavy atom. The average Bonchev–Trinajstić information content (AvgIpc) is 3.31. The molecule has 2 aromatic heterocycles. The van der Waals surface area contributed by atoms with Gasteiger partial charge in [0, 0.05) is 37.6 Å². The molecule has 6 aromatic rings. The molecule has 0 aliphatic carbocycles. The second kappa shape index (κ2) is 22.9. The van der Waals surface area contributed by atoms with Crippen LogP contribution in [0, 0.1) is 0 Å². The minimum absolute atomic E-state index is 0. The molecule has 2 aliphatic heterocycles. The first-order valence-electron chi connectivity index (χ1n) is 19.3. The summed E-state index contributed by atoms with van der Waals surface area (Å²) in [6.07, 6.45) is 2.89. The van der Waals surface area contributed by atoms with Gasteiger partial charge >= 0.3 is 79.4 Å². The summed E-state index contributed by atoms with van der Waals surface area (Å²) in [4.78, 5) is 29.8. The Morgan fingerprint density at radius 1 is 0.469 bits per heavy atom. The zero-order valence-corrected chi connectivity index (χ0v) is 34.5. The predicted octanol–water partition coefficient (Wildman–Crippen LogP) is 3.56. The number of nitrogens with one attached hydrogen (secondary N) is 4. The zero-order valence-electron chi connectivity index (χ0n) is 32.9. The molecule has 2 aliphatic rings. The van der Waals surface area contributed by atoms with E-state index in [0.29, 0.717) is 64.0 Å². The molecular formula is C40H42N12Na2O8S2. The van der Waals surface area contributed by atoms with Crippen molar-refractivity contribution < 1.29 is 34.9 Å². The summed E-state index contributed by atoms with van der Waals surface area (Å²) in [6.45, 7) is 3.94. The summed E-state index contributed by atoms with van der Waals surface area (Å²) in [6, 6.07) is 30.5. The average molecular weight is 929 g/mol. The van der Waals surface area contributed by atoms with Gasteiger partial charge in [-0.15, -0.1) is 8.57 Å². The molecular weight excluding hydrogens is 887 g/mol. The van der Waals surface area contributed by atoms with Crippen LogP contribution in [0.3, 0.4) is 0 Å². The third-order valence-corrected chi connectivity index (χ3v) is 11.6. The van der Waals surface area contributed by atoms with E-state index in [0.717, 1.165) is 0 Å². The van der Waals surface area contributed by atoms with Gasteiger partial charge in [-0.2, -0.15) is 46.7 Å². The van der Waals surface area contributed by atoms with Crippen LogP contribution in [0.25, 0.3) is 12.2 Å². The molecule has 2 fully saturated rings. The Bertz CT molecular complexity index is 2550. The van der Waals surface area contributed by atoms with Crippen molar-refractivity contribution in [1.29, 1.82) is 0 Å². The maximum absolute atomic E-state index is 13.7. The monoisotopic (exact) mass is 928 g/mol. The molecule has 0 saturated carbocycles. The molecule has 24 heteroatoms. The molecule has 0 amide bonds. The van der Waals surface area contributed by atoms with Gasteiger partial charge in [0.2, 0.25) is 23.8 Å². The molecule has 0 atom stereocenters. The second-order valence-electron chi connectivity index (χ2n) is 13.4. The van der Waals surface area contributed by atoms with Gasteiger partial charge in [0.1, 0.15) is 9.79 Å². The summed E-state index contributed by atoms with van der Waals surface area (Å²) in [5.41, 5.74) is 6.56. The van der Waals surface area contributed by atoms with Crippen LogP contribution < -0.4 is 31.4 Å². The molecule has 0 bridgehead atoms.